The van der Waals surface area contributed by atoms with Crippen LogP contribution in [0.1, 0.15) is 23.4 Å². The number of amides is 1. The zero-order chi connectivity index (χ0) is 10.5. The van der Waals surface area contributed by atoms with Gasteiger partial charge in [0.15, 0.2) is 5.76 Å². The van der Waals surface area contributed by atoms with Crippen molar-refractivity contribution in [2.45, 2.75) is 18.4 Å². The van der Waals surface area contributed by atoms with E-state index in [1.54, 1.807) is 17.0 Å². The third kappa shape index (κ3) is 1.36. The van der Waals surface area contributed by atoms with Crippen LogP contribution in [0.3, 0.4) is 0 Å². The van der Waals surface area contributed by atoms with Crippen molar-refractivity contribution < 1.29 is 14.3 Å². The smallest absolute Gasteiger partial charge is 0.289 e. The second-order valence-corrected chi connectivity index (χ2v) is 4.52. The van der Waals surface area contributed by atoms with Gasteiger partial charge in [0.25, 0.3) is 5.91 Å². The fraction of sp³-hybridized carbons (Fsp3) is 0.545. The maximum atomic E-state index is 11.7. The Hall–Kier alpha value is -1.29. The first-order valence-corrected chi connectivity index (χ1v) is 5.24. The molecule has 15 heavy (non-hydrogen) atoms. The van der Waals surface area contributed by atoms with Gasteiger partial charge in [-0.3, -0.25) is 4.79 Å². The summed E-state index contributed by atoms with van der Waals surface area (Å²) in [5.74, 6) is 0.649. The number of hydrogen-bond acceptors (Lipinski definition) is 3. The van der Waals surface area contributed by atoms with Crippen LogP contribution < -0.4 is 0 Å². The van der Waals surface area contributed by atoms with Gasteiger partial charge in [0, 0.05) is 0 Å². The maximum absolute atomic E-state index is 11.7. The van der Waals surface area contributed by atoms with Crippen LogP contribution in [0.25, 0.3) is 0 Å². The highest BCUT2D eigenvalue weighted by atomic mass is 16.3. The van der Waals surface area contributed by atoms with Crippen LogP contribution in [0.2, 0.25) is 0 Å². The Balaban J connectivity index is 1.65. The van der Waals surface area contributed by atoms with Gasteiger partial charge in [-0.15, -0.1) is 0 Å². The van der Waals surface area contributed by atoms with E-state index in [1.807, 2.05) is 0 Å². The fourth-order valence-electron chi connectivity index (χ4n) is 2.19. The fourth-order valence-corrected chi connectivity index (χ4v) is 2.19. The van der Waals surface area contributed by atoms with Gasteiger partial charge in [0.1, 0.15) is 5.60 Å². The monoisotopic (exact) mass is 207 g/mol. The molecule has 0 atom stereocenters. The molecule has 1 aromatic rings. The molecule has 0 bridgehead atoms. The number of nitrogens with zero attached hydrogens (tertiary/aromatic N) is 1. The summed E-state index contributed by atoms with van der Waals surface area (Å²) in [4.78, 5) is 13.4. The molecule has 80 valence electrons. The van der Waals surface area contributed by atoms with Crippen LogP contribution in [-0.4, -0.2) is 34.6 Å². The van der Waals surface area contributed by atoms with Gasteiger partial charge in [0.05, 0.1) is 19.4 Å². The highest BCUT2D eigenvalue weighted by Crippen LogP contribution is 2.44. The quantitative estimate of drug-likeness (QED) is 0.783. The summed E-state index contributed by atoms with van der Waals surface area (Å²) in [6.45, 7) is 0.911. The molecule has 1 aliphatic heterocycles. The Morgan fingerprint density at radius 3 is 2.80 bits per heavy atom. The lowest BCUT2D eigenvalue weighted by Crippen LogP contribution is -2.64. The molecule has 0 aromatic carbocycles. The first kappa shape index (κ1) is 8.97. The van der Waals surface area contributed by atoms with E-state index in [-0.39, 0.29) is 5.91 Å². The number of aliphatic hydroxyl groups is 1. The molecule has 1 aliphatic carbocycles. The molecule has 2 aliphatic rings. The van der Waals surface area contributed by atoms with E-state index in [1.165, 1.54) is 6.26 Å². The van der Waals surface area contributed by atoms with Gasteiger partial charge in [-0.25, -0.2) is 0 Å². The Morgan fingerprint density at radius 2 is 2.27 bits per heavy atom. The second-order valence-electron chi connectivity index (χ2n) is 4.52. The van der Waals surface area contributed by atoms with Crippen LogP contribution >= 0.6 is 0 Å². The predicted molar refractivity (Wildman–Crippen MR) is 52.3 cm³/mol. The minimum absolute atomic E-state index is 0.120. The van der Waals surface area contributed by atoms with Gasteiger partial charge >= 0.3 is 0 Å². The lowest BCUT2D eigenvalue weighted by Gasteiger charge is -2.46. The van der Waals surface area contributed by atoms with E-state index in [4.69, 9.17) is 4.42 Å². The number of likely N-dealkylation sites (tertiary alicyclic amines) is 1. The summed E-state index contributed by atoms with van der Waals surface area (Å²) in [6, 6.07) is 3.34. The molecule has 1 aromatic heterocycles. The molecule has 0 unspecified atom stereocenters. The molecular formula is C11H13NO3. The first-order chi connectivity index (χ1) is 7.19. The average Bonchev–Trinajstić information content (AvgIpc) is 2.89. The number of carbonyl (C=O) groups excluding carboxylic acids is 1. The molecule has 1 amide bonds. The number of carbonyl (C=O) groups is 1. The summed E-state index contributed by atoms with van der Waals surface area (Å²) in [6.07, 6.45) is 3.68. The van der Waals surface area contributed by atoms with Crippen LogP contribution in [0, 0.1) is 5.92 Å². The van der Waals surface area contributed by atoms with Crippen LogP contribution in [0.15, 0.2) is 22.8 Å². The van der Waals surface area contributed by atoms with Crippen LogP contribution in [0.4, 0.5) is 0 Å². The number of furan rings is 1. The van der Waals surface area contributed by atoms with Crippen LogP contribution in [-0.2, 0) is 0 Å². The van der Waals surface area contributed by atoms with Crippen molar-refractivity contribution in [3.8, 4) is 0 Å². The second kappa shape index (κ2) is 2.85. The molecule has 0 radical (unpaired) electrons. The molecule has 1 N–H and O–H groups in total. The van der Waals surface area contributed by atoms with E-state index in [9.17, 15) is 9.90 Å². The molecular weight excluding hydrogens is 194 g/mol. The van der Waals surface area contributed by atoms with Gasteiger partial charge in [-0.1, -0.05) is 0 Å². The van der Waals surface area contributed by atoms with E-state index in [0.29, 0.717) is 24.8 Å². The van der Waals surface area contributed by atoms with Gasteiger partial charge < -0.3 is 14.4 Å². The summed E-state index contributed by atoms with van der Waals surface area (Å²) in [7, 11) is 0. The Bertz CT molecular complexity index is 375. The molecule has 1 saturated carbocycles. The SMILES string of the molecule is O=C(c1ccco1)N1CC(O)(C2CC2)C1. The number of hydrogen-bond donors (Lipinski definition) is 1. The van der Waals surface area contributed by atoms with Gasteiger partial charge in [-0.05, 0) is 30.9 Å². The lowest BCUT2D eigenvalue weighted by atomic mass is 9.88. The first-order valence-electron chi connectivity index (χ1n) is 5.24. The zero-order valence-electron chi connectivity index (χ0n) is 8.35. The molecule has 0 spiro atoms. The van der Waals surface area contributed by atoms with Crippen molar-refractivity contribution in [1.82, 2.24) is 4.90 Å². The van der Waals surface area contributed by atoms with Gasteiger partial charge in [0.2, 0.25) is 0 Å². The molecule has 1 saturated heterocycles. The van der Waals surface area contributed by atoms with E-state index in [0.717, 1.165) is 12.8 Å². The molecule has 2 heterocycles. The van der Waals surface area contributed by atoms with Crippen molar-refractivity contribution in [2.24, 2.45) is 5.92 Å². The Labute approximate surface area is 87.5 Å². The zero-order valence-corrected chi connectivity index (χ0v) is 8.35. The third-order valence-corrected chi connectivity index (χ3v) is 3.29. The summed E-state index contributed by atoms with van der Waals surface area (Å²) >= 11 is 0. The summed E-state index contributed by atoms with van der Waals surface area (Å²) in [5, 5.41) is 10.0. The maximum Gasteiger partial charge on any atom is 0.289 e. The van der Waals surface area contributed by atoms with Crippen molar-refractivity contribution in [3.63, 3.8) is 0 Å². The highest BCUT2D eigenvalue weighted by Gasteiger charge is 2.53. The highest BCUT2D eigenvalue weighted by molar-refractivity contribution is 5.92. The lowest BCUT2D eigenvalue weighted by molar-refractivity contribution is -0.0965. The molecule has 2 fully saturated rings. The molecule has 4 heteroatoms. The van der Waals surface area contributed by atoms with Crippen molar-refractivity contribution in [3.05, 3.63) is 24.2 Å². The van der Waals surface area contributed by atoms with E-state index < -0.39 is 5.60 Å². The number of β-amino-alcohol motifs (C(OH)–C–C–N with tert-alkyl or cyclic N) is 1. The van der Waals surface area contributed by atoms with Crippen molar-refractivity contribution in [2.75, 3.05) is 13.1 Å². The minimum atomic E-state index is -0.609. The van der Waals surface area contributed by atoms with Crippen molar-refractivity contribution >= 4 is 5.91 Å². The van der Waals surface area contributed by atoms with Crippen LogP contribution in [0.5, 0.6) is 0 Å². The molecule has 3 rings (SSSR count). The van der Waals surface area contributed by atoms with E-state index >= 15 is 0 Å². The minimum Gasteiger partial charge on any atom is -0.459 e. The number of rotatable bonds is 2. The third-order valence-electron chi connectivity index (χ3n) is 3.29. The summed E-state index contributed by atoms with van der Waals surface area (Å²) < 4.78 is 5.02. The predicted octanol–water partition coefficient (Wildman–Crippen LogP) is 0.877. The van der Waals surface area contributed by atoms with Crippen molar-refractivity contribution in [1.29, 1.82) is 0 Å². The topological polar surface area (TPSA) is 53.7 Å². The standard InChI is InChI=1S/C11H13NO3/c13-10(9-2-1-5-15-9)12-6-11(14,7-12)8-3-4-8/h1-2,5,8,14H,3-4,6-7H2. The van der Waals surface area contributed by atoms with Gasteiger partial charge in [-0.2, -0.15) is 0 Å². The normalized spacial score (nSPS) is 23.7. The average molecular weight is 207 g/mol. The Kier molecular flexibility index (Phi) is 1.71. The largest absolute Gasteiger partial charge is 0.459 e. The Morgan fingerprint density at radius 1 is 1.53 bits per heavy atom. The summed E-state index contributed by atoms with van der Waals surface area (Å²) in [5.41, 5.74) is -0.609. The molecule has 4 nitrogen and oxygen atoms in total. The van der Waals surface area contributed by atoms with E-state index in [2.05, 4.69) is 0 Å².